The van der Waals surface area contributed by atoms with E-state index in [4.69, 9.17) is 9.84 Å². The maximum absolute atomic E-state index is 9.29. The molecule has 0 saturated heterocycles. The number of aliphatic hydroxyl groups excluding tert-OH is 2. The van der Waals surface area contributed by atoms with Gasteiger partial charge in [-0.3, -0.25) is 0 Å². The highest BCUT2D eigenvalue weighted by Gasteiger charge is 2.05. The van der Waals surface area contributed by atoms with Crippen molar-refractivity contribution in [3.8, 4) is 0 Å². The van der Waals surface area contributed by atoms with Crippen molar-refractivity contribution in [2.45, 2.75) is 45.3 Å². The highest BCUT2D eigenvalue weighted by Crippen LogP contribution is 2.01. The molecule has 0 heterocycles. The van der Waals surface area contributed by atoms with E-state index in [0.29, 0.717) is 26.1 Å². The number of rotatable bonds is 7. The molecule has 0 aliphatic heterocycles. The van der Waals surface area contributed by atoms with E-state index in [1.165, 1.54) is 0 Å². The van der Waals surface area contributed by atoms with Crippen molar-refractivity contribution < 1.29 is 14.9 Å². The van der Waals surface area contributed by atoms with Gasteiger partial charge in [0, 0.05) is 6.61 Å². The lowest BCUT2D eigenvalue weighted by Crippen LogP contribution is -2.17. The first-order valence-electron chi connectivity index (χ1n) is 4.60. The molecular weight excluding hydrogens is 156 g/mol. The molecule has 3 heteroatoms. The van der Waals surface area contributed by atoms with Crippen LogP contribution in [0, 0.1) is 0 Å². The van der Waals surface area contributed by atoms with Crippen LogP contribution in [0.4, 0.5) is 0 Å². The molecule has 0 amide bonds. The lowest BCUT2D eigenvalue weighted by Gasteiger charge is -2.11. The van der Waals surface area contributed by atoms with Crippen molar-refractivity contribution in [2.24, 2.45) is 0 Å². The smallest absolute Gasteiger partial charge is 0.0774 e. The fourth-order valence-corrected chi connectivity index (χ4v) is 0.881. The molecule has 0 aromatic carbocycles. The third-order valence-electron chi connectivity index (χ3n) is 1.58. The zero-order valence-corrected chi connectivity index (χ0v) is 7.99. The molecule has 0 aromatic rings. The van der Waals surface area contributed by atoms with E-state index in [9.17, 15) is 5.11 Å². The Morgan fingerprint density at radius 2 is 1.92 bits per heavy atom. The summed E-state index contributed by atoms with van der Waals surface area (Å²) in [5.41, 5.74) is 0. The molecule has 74 valence electrons. The summed E-state index contributed by atoms with van der Waals surface area (Å²) < 4.78 is 5.15. The van der Waals surface area contributed by atoms with Crippen LogP contribution in [0.25, 0.3) is 0 Å². The fraction of sp³-hybridized carbons (Fsp3) is 1.00. The Kier molecular flexibility index (Phi) is 7.45. The Labute approximate surface area is 74.4 Å². The third kappa shape index (κ3) is 7.98. The SMILES string of the molecule is CCCOCC(O)CCC(C)O. The Hall–Kier alpha value is -0.120. The van der Waals surface area contributed by atoms with Crippen LogP contribution in [0.5, 0.6) is 0 Å². The van der Waals surface area contributed by atoms with Crippen LogP contribution in [0.15, 0.2) is 0 Å². The summed E-state index contributed by atoms with van der Waals surface area (Å²) in [5.74, 6) is 0. The van der Waals surface area contributed by atoms with Crippen LogP contribution in [0.1, 0.15) is 33.1 Å². The zero-order chi connectivity index (χ0) is 9.40. The summed E-state index contributed by atoms with van der Waals surface area (Å²) in [4.78, 5) is 0. The molecular formula is C9H20O3. The molecule has 0 aromatic heterocycles. The second kappa shape index (κ2) is 7.53. The van der Waals surface area contributed by atoms with Crippen LogP contribution < -0.4 is 0 Å². The monoisotopic (exact) mass is 176 g/mol. The number of hydrogen-bond donors (Lipinski definition) is 2. The normalized spacial score (nSPS) is 16.0. The molecule has 0 saturated carbocycles. The van der Waals surface area contributed by atoms with Gasteiger partial charge < -0.3 is 14.9 Å². The third-order valence-corrected chi connectivity index (χ3v) is 1.58. The number of hydrogen-bond acceptors (Lipinski definition) is 3. The minimum absolute atomic E-state index is 0.328. The van der Waals surface area contributed by atoms with Crippen molar-refractivity contribution in [3.63, 3.8) is 0 Å². The predicted molar refractivity (Wildman–Crippen MR) is 48.0 cm³/mol. The van der Waals surface area contributed by atoms with Crippen molar-refractivity contribution in [3.05, 3.63) is 0 Å². The van der Waals surface area contributed by atoms with Crippen molar-refractivity contribution in [1.29, 1.82) is 0 Å². The molecule has 0 rings (SSSR count). The molecule has 0 radical (unpaired) electrons. The van der Waals surface area contributed by atoms with Crippen molar-refractivity contribution in [1.82, 2.24) is 0 Å². The van der Waals surface area contributed by atoms with Gasteiger partial charge in [0.25, 0.3) is 0 Å². The van der Waals surface area contributed by atoms with Crippen molar-refractivity contribution in [2.75, 3.05) is 13.2 Å². The predicted octanol–water partition coefficient (Wildman–Crippen LogP) is 0.935. The van der Waals surface area contributed by atoms with Crippen LogP contribution in [-0.2, 0) is 4.74 Å². The summed E-state index contributed by atoms with van der Waals surface area (Å²) >= 11 is 0. The van der Waals surface area contributed by atoms with E-state index in [1.54, 1.807) is 6.92 Å². The molecule has 0 spiro atoms. The van der Waals surface area contributed by atoms with Gasteiger partial charge in [-0.2, -0.15) is 0 Å². The molecule has 2 unspecified atom stereocenters. The highest BCUT2D eigenvalue weighted by molar-refractivity contribution is 4.56. The fourth-order valence-electron chi connectivity index (χ4n) is 0.881. The minimum Gasteiger partial charge on any atom is -0.393 e. The zero-order valence-electron chi connectivity index (χ0n) is 7.99. The second-order valence-corrected chi connectivity index (χ2v) is 3.16. The maximum atomic E-state index is 9.29. The van der Waals surface area contributed by atoms with E-state index >= 15 is 0 Å². The lowest BCUT2D eigenvalue weighted by molar-refractivity contribution is 0.0253. The van der Waals surface area contributed by atoms with Gasteiger partial charge in [0.05, 0.1) is 18.8 Å². The summed E-state index contributed by atoms with van der Waals surface area (Å²) in [5, 5.41) is 18.2. The van der Waals surface area contributed by atoms with Gasteiger partial charge in [-0.1, -0.05) is 6.92 Å². The first-order valence-corrected chi connectivity index (χ1v) is 4.60. The maximum Gasteiger partial charge on any atom is 0.0774 e. The molecule has 0 aliphatic rings. The summed E-state index contributed by atoms with van der Waals surface area (Å²) in [6, 6.07) is 0. The lowest BCUT2D eigenvalue weighted by atomic mass is 10.1. The van der Waals surface area contributed by atoms with Gasteiger partial charge in [-0.25, -0.2) is 0 Å². The largest absolute Gasteiger partial charge is 0.393 e. The van der Waals surface area contributed by atoms with Crippen LogP contribution in [0.3, 0.4) is 0 Å². The number of aliphatic hydroxyl groups is 2. The Morgan fingerprint density at radius 1 is 1.25 bits per heavy atom. The molecule has 2 N–H and O–H groups in total. The average Bonchev–Trinajstić information content (AvgIpc) is 2.01. The van der Waals surface area contributed by atoms with E-state index in [0.717, 1.165) is 6.42 Å². The van der Waals surface area contributed by atoms with Gasteiger partial charge in [0.15, 0.2) is 0 Å². The minimum atomic E-state index is -0.425. The van der Waals surface area contributed by atoms with Crippen molar-refractivity contribution >= 4 is 0 Å². The van der Waals surface area contributed by atoms with Gasteiger partial charge in [0.2, 0.25) is 0 Å². The highest BCUT2D eigenvalue weighted by atomic mass is 16.5. The van der Waals surface area contributed by atoms with Crippen LogP contribution in [0.2, 0.25) is 0 Å². The van der Waals surface area contributed by atoms with Gasteiger partial charge in [-0.15, -0.1) is 0 Å². The first kappa shape index (κ1) is 11.9. The standard InChI is InChI=1S/C9H20O3/c1-3-6-12-7-9(11)5-4-8(2)10/h8-11H,3-7H2,1-2H3. The second-order valence-electron chi connectivity index (χ2n) is 3.16. The quantitative estimate of drug-likeness (QED) is 0.567. The van der Waals surface area contributed by atoms with Crippen LogP contribution in [-0.4, -0.2) is 35.6 Å². The average molecular weight is 176 g/mol. The van der Waals surface area contributed by atoms with Crippen LogP contribution >= 0.6 is 0 Å². The summed E-state index contributed by atoms with van der Waals surface area (Å²) in [6.45, 7) is 4.84. The summed E-state index contributed by atoms with van der Waals surface area (Å²) in [6.07, 6.45) is 1.47. The Morgan fingerprint density at radius 3 is 2.42 bits per heavy atom. The molecule has 3 nitrogen and oxygen atoms in total. The molecule has 0 bridgehead atoms. The molecule has 2 atom stereocenters. The first-order chi connectivity index (χ1) is 5.66. The van der Waals surface area contributed by atoms with E-state index in [1.807, 2.05) is 6.92 Å². The molecule has 0 aliphatic carbocycles. The van der Waals surface area contributed by atoms with E-state index in [-0.39, 0.29) is 6.10 Å². The number of ether oxygens (including phenoxy) is 1. The van der Waals surface area contributed by atoms with Gasteiger partial charge >= 0.3 is 0 Å². The Balaban J connectivity index is 3.15. The van der Waals surface area contributed by atoms with Gasteiger partial charge in [0.1, 0.15) is 0 Å². The molecule has 0 fully saturated rings. The van der Waals surface area contributed by atoms with E-state index in [2.05, 4.69) is 0 Å². The summed E-state index contributed by atoms with van der Waals surface area (Å²) in [7, 11) is 0. The van der Waals surface area contributed by atoms with Gasteiger partial charge in [-0.05, 0) is 26.2 Å². The van der Waals surface area contributed by atoms with E-state index < -0.39 is 6.10 Å². The topological polar surface area (TPSA) is 49.7 Å². The Bertz CT molecular complexity index is 93.8. The molecule has 12 heavy (non-hydrogen) atoms.